The molecule has 0 radical (unpaired) electrons. The van der Waals surface area contributed by atoms with Crippen LogP contribution in [-0.4, -0.2) is 41.0 Å². The number of amides is 1. The van der Waals surface area contributed by atoms with E-state index in [0.717, 1.165) is 51.6 Å². The molecule has 8 nitrogen and oxygen atoms in total. The Bertz CT molecular complexity index is 745. The summed E-state index contributed by atoms with van der Waals surface area (Å²) in [5, 5.41) is 23.9. The quantitative estimate of drug-likeness (QED) is 0.590. The first-order valence-electron chi connectivity index (χ1n) is 10.0. The van der Waals surface area contributed by atoms with Gasteiger partial charge in [0.05, 0.1) is 10.8 Å². The minimum Gasteiger partial charge on any atom is -0.481 e. The first-order chi connectivity index (χ1) is 13.5. The van der Waals surface area contributed by atoms with E-state index in [2.05, 4.69) is 5.32 Å². The second-order valence-corrected chi connectivity index (χ2v) is 7.67. The second kappa shape index (κ2) is 9.03. The Morgan fingerprint density at radius 2 is 1.75 bits per heavy atom. The van der Waals surface area contributed by atoms with Gasteiger partial charge in [0.2, 0.25) is 0 Å². The highest BCUT2D eigenvalue weighted by Gasteiger charge is 2.31. The average Bonchev–Trinajstić information content (AvgIpc) is 3.17. The molecule has 1 aromatic rings. The third-order valence-corrected chi connectivity index (χ3v) is 5.78. The zero-order chi connectivity index (χ0) is 20.1. The average molecular weight is 389 g/mol. The lowest BCUT2D eigenvalue weighted by Gasteiger charge is -2.27. The van der Waals surface area contributed by atoms with Gasteiger partial charge in [0.1, 0.15) is 5.69 Å². The SMILES string of the molecule is O=C(NC1CCCCCCC1C(=O)O)c1ccc(N2CCCC2)c([N+](=O)[O-])c1. The van der Waals surface area contributed by atoms with Gasteiger partial charge in [-0.05, 0) is 37.8 Å². The van der Waals surface area contributed by atoms with E-state index in [1.54, 1.807) is 12.1 Å². The van der Waals surface area contributed by atoms with Gasteiger partial charge in [-0.1, -0.05) is 25.7 Å². The standard InChI is InChI=1S/C20H27N3O5/c24-19(21-16-8-4-2-1-3-7-15(16)20(25)26)14-9-10-17(18(13-14)23(27)28)22-11-5-6-12-22/h9-10,13,15-16H,1-8,11-12H2,(H,21,24)(H,25,26). The van der Waals surface area contributed by atoms with Crippen LogP contribution in [0.2, 0.25) is 0 Å². The molecule has 8 heteroatoms. The number of nitro groups is 1. The van der Waals surface area contributed by atoms with E-state index in [-0.39, 0.29) is 11.3 Å². The van der Waals surface area contributed by atoms with Crippen molar-refractivity contribution in [2.24, 2.45) is 5.92 Å². The van der Waals surface area contributed by atoms with E-state index in [0.29, 0.717) is 18.5 Å². The lowest BCUT2D eigenvalue weighted by molar-refractivity contribution is -0.384. The molecule has 1 saturated heterocycles. The maximum absolute atomic E-state index is 12.7. The van der Waals surface area contributed by atoms with Gasteiger partial charge in [0.15, 0.2) is 0 Å². The molecule has 1 aliphatic heterocycles. The van der Waals surface area contributed by atoms with Crippen molar-refractivity contribution in [1.29, 1.82) is 0 Å². The molecule has 0 bridgehead atoms. The molecule has 1 amide bonds. The van der Waals surface area contributed by atoms with Crippen LogP contribution in [0.4, 0.5) is 11.4 Å². The summed E-state index contributed by atoms with van der Waals surface area (Å²) < 4.78 is 0. The molecule has 0 aromatic heterocycles. The van der Waals surface area contributed by atoms with Crippen molar-refractivity contribution in [3.63, 3.8) is 0 Å². The fourth-order valence-corrected chi connectivity index (χ4v) is 4.24. The summed E-state index contributed by atoms with van der Waals surface area (Å²) in [7, 11) is 0. The molecular weight excluding hydrogens is 362 g/mol. The summed E-state index contributed by atoms with van der Waals surface area (Å²) in [4.78, 5) is 37.4. The van der Waals surface area contributed by atoms with Crippen LogP contribution in [-0.2, 0) is 4.79 Å². The normalized spacial score (nSPS) is 22.9. The first kappa shape index (κ1) is 20.1. The van der Waals surface area contributed by atoms with E-state index in [1.807, 2.05) is 4.90 Å². The van der Waals surface area contributed by atoms with Crippen molar-refractivity contribution in [1.82, 2.24) is 5.32 Å². The molecule has 2 fully saturated rings. The van der Waals surface area contributed by atoms with E-state index in [4.69, 9.17) is 0 Å². The molecule has 28 heavy (non-hydrogen) atoms. The van der Waals surface area contributed by atoms with Gasteiger partial charge >= 0.3 is 5.97 Å². The number of carbonyl (C=O) groups is 2. The number of carboxylic acids is 1. The topological polar surface area (TPSA) is 113 Å². The second-order valence-electron chi connectivity index (χ2n) is 7.67. The predicted molar refractivity (Wildman–Crippen MR) is 105 cm³/mol. The first-order valence-corrected chi connectivity index (χ1v) is 10.0. The Morgan fingerprint density at radius 1 is 1.07 bits per heavy atom. The molecule has 1 aliphatic carbocycles. The van der Waals surface area contributed by atoms with E-state index < -0.39 is 28.8 Å². The van der Waals surface area contributed by atoms with Crippen molar-refractivity contribution < 1.29 is 19.6 Å². The maximum atomic E-state index is 12.7. The molecular formula is C20H27N3O5. The van der Waals surface area contributed by atoms with Crippen LogP contribution >= 0.6 is 0 Å². The molecule has 3 rings (SSSR count). The number of benzene rings is 1. The number of carboxylic acid groups (broad SMARTS) is 1. The third-order valence-electron chi connectivity index (χ3n) is 5.78. The lowest BCUT2D eigenvalue weighted by atomic mass is 9.86. The van der Waals surface area contributed by atoms with E-state index in [1.165, 1.54) is 6.07 Å². The number of anilines is 1. The number of nitro benzene ring substituents is 1. The Hall–Kier alpha value is -2.64. The van der Waals surface area contributed by atoms with Crippen LogP contribution in [0.1, 0.15) is 61.7 Å². The number of nitrogens with zero attached hydrogens (tertiary/aromatic N) is 2. The van der Waals surface area contributed by atoms with Crippen LogP contribution in [0.3, 0.4) is 0 Å². The number of aliphatic carboxylic acids is 1. The van der Waals surface area contributed by atoms with Crippen molar-refractivity contribution in [3.05, 3.63) is 33.9 Å². The summed E-state index contributed by atoms with van der Waals surface area (Å²) in [5.41, 5.74) is 0.649. The van der Waals surface area contributed by atoms with Crippen LogP contribution < -0.4 is 10.2 Å². The van der Waals surface area contributed by atoms with Crippen LogP contribution in [0, 0.1) is 16.0 Å². The van der Waals surface area contributed by atoms with Crippen LogP contribution in [0.15, 0.2) is 18.2 Å². The van der Waals surface area contributed by atoms with Crippen LogP contribution in [0.5, 0.6) is 0 Å². The van der Waals surface area contributed by atoms with Crippen LogP contribution in [0.25, 0.3) is 0 Å². The zero-order valence-corrected chi connectivity index (χ0v) is 15.9. The minimum absolute atomic E-state index is 0.0815. The largest absolute Gasteiger partial charge is 0.481 e. The highest BCUT2D eigenvalue weighted by molar-refractivity contribution is 5.96. The van der Waals surface area contributed by atoms with Gasteiger partial charge in [0, 0.05) is 30.8 Å². The van der Waals surface area contributed by atoms with Gasteiger partial charge in [-0.25, -0.2) is 0 Å². The monoisotopic (exact) mass is 389 g/mol. The summed E-state index contributed by atoms with van der Waals surface area (Å²) in [5.74, 6) is -1.97. The summed E-state index contributed by atoms with van der Waals surface area (Å²) in [6, 6.07) is 4.07. The molecule has 2 aliphatic rings. The number of nitrogens with one attached hydrogen (secondary N) is 1. The molecule has 1 saturated carbocycles. The molecule has 1 heterocycles. The Morgan fingerprint density at radius 3 is 2.39 bits per heavy atom. The summed E-state index contributed by atoms with van der Waals surface area (Å²) in [6.45, 7) is 1.55. The number of hydrogen-bond donors (Lipinski definition) is 2. The fourth-order valence-electron chi connectivity index (χ4n) is 4.24. The van der Waals surface area contributed by atoms with Crippen molar-refractivity contribution in [2.75, 3.05) is 18.0 Å². The van der Waals surface area contributed by atoms with Crippen molar-refractivity contribution >= 4 is 23.3 Å². The molecule has 2 N–H and O–H groups in total. The molecule has 2 atom stereocenters. The molecule has 2 unspecified atom stereocenters. The van der Waals surface area contributed by atoms with Crippen molar-refractivity contribution in [3.8, 4) is 0 Å². The summed E-state index contributed by atoms with van der Waals surface area (Å²) in [6.07, 6.45) is 6.87. The van der Waals surface area contributed by atoms with Gasteiger partial charge in [-0.2, -0.15) is 0 Å². The third kappa shape index (κ3) is 4.61. The minimum atomic E-state index is -0.900. The van der Waals surface area contributed by atoms with Gasteiger partial charge in [-0.15, -0.1) is 0 Å². The number of hydrogen-bond acceptors (Lipinski definition) is 5. The predicted octanol–water partition coefficient (Wildman–Crippen LogP) is 3.35. The fraction of sp³-hybridized carbons (Fsp3) is 0.600. The smallest absolute Gasteiger partial charge is 0.308 e. The highest BCUT2D eigenvalue weighted by atomic mass is 16.6. The lowest BCUT2D eigenvalue weighted by Crippen LogP contribution is -2.44. The van der Waals surface area contributed by atoms with E-state index >= 15 is 0 Å². The van der Waals surface area contributed by atoms with Crippen molar-refractivity contribution in [2.45, 2.75) is 57.4 Å². The molecule has 1 aromatic carbocycles. The zero-order valence-electron chi connectivity index (χ0n) is 15.9. The summed E-state index contributed by atoms with van der Waals surface area (Å²) >= 11 is 0. The highest BCUT2D eigenvalue weighted by Crippen LogP contribution is 2.32. The molecule has 152 valence electrons. The Balaban J connectivity index is 1.79. The van der Waals surface area contributed by atoms with Gasteiger partial charge in [0.25, 0.3) is 11.6 Å². The van der Waals surface area contributed by atoms with E-state index in [9.17, 15) is 24.8 Å². The Kier molecular flexibility index (Phi) is 6.49. The number of rotatable bonds is 5. The van der Waals surface area contributed by atoms with Gasteiger partial charge in [-0.3, -0.25) is 19.7 Å². The number of carbonyl (C=O) groups excluding carboxylic acids is 1. The molecule has 0 spiro atoms. The van der Waals surface area contributed by atoms with Gasteiger partial charge < -0.3 is 15.3 Å². The maximum Gasteiger partial charge on any atom is 0.308 e. The Labute approximate surface area is 164 Å².